The molecule has 2 aromatic rings. The molecule has 0 aliphatic carbocycles. The minimum Gasteiger partial charge on any atom is -0.493 e. The summed E-state index contributed by atoms with van der Waals surface area (Å²) >= 11 is 1.04. The fourth-order valence-corrected chi connectivity index (χ4v) is 3.42. The summed E-state index contributed by atoms with van der Waals surface area (Å²) in [5, 5.41) is 4.28. The highest BCUT2D eigenvalue weighted by Crippen LogP contribution is 2.30. The molecule has 0 fully saturated rings. The van der Waals surface area contributed by atoms with Crippen LogP contribution in [0.25, 0.3) is 6.08 Å². The lowest BCUT2D eigenvalue weighted by molar-refractivity contribution is -0.111. The molecule has 0 bridgehead atoms. The summed E-state index contributed by atoms with van der Waals surface area (Å²) in [6.45, 7) is 3.60. The number of carbonyl (C=O) groups excluding carboxylic acids is 3. The van der Waals surface area contributed by atoms with E-state index >= 15 is 0 Å². The number of rotatable bonds is 9. The molecular weight excluding hydrogens is 410 g/mol. The van der Waals surface area contributed by atoms with Gasteiger partial charge in [0, 0.05) is 11.5 Å². The van der Waals surface area contributed by atoms with Gasteiger partial charge in [0.25, 0.3) is 0 Å². The van der Waals surface area contributed by atoms with E-state index in [1.807, 2.05) is 0 Å². The lowest BCUT2D eigenvalue weighted by Crippen LogP contribution is -2.15. The van der Waals surface area contributed by atoms with Crippen molar-refractivity contribution in [2.45, 2.75) is 13.8 Å². The van der Waals surface area contributed by atoms with E-state index in [2.05, 4.69) is 5.32 Å². The van der Waals surface area contributed by atoms with E-state index < -0.39 is 17.8 Å². The minimum absolute atomic E-state index is 0.0202. The van der Waals surface area contributed by atoms with Gasteiger partial charge in [-0.05, 0) is 37.6 Å². The number of methoxy groups -OCH3 is 2. The molecule has 0 unspecified atom stereocenters. The Hall–Kier alpha value is -3.33. The molecule has 0 saturated heterocycles. The maximum atomic E-state index is 12.4. The Kier molecular flexibility index (Phi) is 8.42. The molecule has 1 heterocycles. The van der Waals surface area contributed by atoms with Crippen molar-refractivity contribution < 1.29 is 33.3 Å². The fourth-order valence-electron chi connectivity index (χ4n) is 2.50. The lowest BCUT2D eigenvalue weighted by Gasteiger charge is -2.08. The Bertz CT molecular complexity index is 949. The lowest BCUT2D eigenvalue weighted by atomic mass is 10.1. The van der Waals surface area contributed by atoms with Crippen molar-refractivity contribution in [3.8, 4) is 11.5 Å². The molecule has 30 heavy (non-hydrogen) atoms. The molecule has 9 heteroatoms. The van der Waals surface area contributed by atoms with Crippen molar-refractivity contribution in [1.29, 1.82) is 0 Å². The maximum Gasteiger partial charge on any atom is 0.342 e. The molecular formula is C21H23NO7S. The van der Waals surface area contributed by atoms with Crippen LogP contribution < -0.4 is 14.8 Å². The van der Waals surface area contributed by atoms with Crippen molar-refractivity contribution in [2.75, 3.05) is 32.8 Å². The first kappa shape index (κ1) is 23.0. The number of hydrogen-bond donors (Lipinski definition) is 1. The van der Waals surface area contributed by atoms with Crippen molar-refractivity contribution in [3.63, 3.8) is 0 Å². The number of hydrogen-bond acceptors (Lipinski definition) is 8. The topological polar surface area (TPSA) is 100 Å². The zero-order chi connectivity index (χ0) is 22.1. The van der Waals surface area contributed by atoms with Crippen LogP contribution in [0.15, 0.2) is 29.7 Å². The highest BCUT2D eigenvalue weighted by Gasteiger charge is 2.26. The van der Waals surface area contributed by atoms with Gasteiger partial charge in [-0.1, -0.05) is 6.07 Å². The predicted molar refractivity (Wildman–Crippen MR) is 113 cm³/mol. The molecule has 1 N–H and O–H groups in total. The van der Waals surface area contributed by atoms with Gasteiger partial charge in [0.15, 0.2) is 11.5 Å². The Balaban J connectivity index is 2.22. The number of carbonyl (C=O) groups is 3. The van der Waals surface area contributed by atoms with Gasteiger partial charge in [0.1, 0.15) is 10.6 Å². The van der Waals surface area contributed by atoms with Crippen LogP contribution in [0.5, 0.6) is 11.5 Å². The van der Waals surface area contributed by atoms with Crippen LogP contribution in [0.2, 0.25) is 0 Å². The average Bonchev–Trinajstić information content (AvgIpc) is 3.16. The second-order valence-corrected chi connectivity index (χ2v) is 6.61. The van der Waals surface area contributed by atoms with Gasteiger partial charge in [-0.15, -0.1) is 11.3 Å². The third-order valence-electron chi connectivity index (χ3n) is 3.84. The molecule has 0 aliphatic heterocycles. The van der Waals surface area contributed by atoms with Crippen molar-refractivity contribution in [2.24, 2.45) is 0 Å². The van der Waals surface area contributed by atoms with Crippen LogP contribution in [0, 0.1) is 0 Å². The number of esters is 2. The van der Waals surface area contributed by atoms with E-state index in [-0.39, 0.29) is 29.3 Å². The molecule has 0 spiro atoms. The van der Waals surface area contributed by atoms with E-state index in [0.717, 1.165) is 11.3 Å². The average molecular weight is 433 g/mol. The Morgan fingerprint density at radius 1 is 1.00 bits per heavy atom. The minimum atomic E-state index is -0.707. The van der Waals surface area contributed by atoms with Gasteiger partial charge in [0.05, 0.1) is 33.0 Å². The third-order valence-corrected chi connectivity index (χ3v) is 4.73. The van der Waals surface area contributed by atoms with Crippen molar-refractivity contribution in [3.05, 3.63) is 46.3 Å². The zero-order valence-electron chi connectivity index (χ0n) is 17.1. The summed E-state index contributed by atoms with van der Waals surface area (Å²) in [7, 11) is 3.06. The molecule has 0 aliphatic rings. The Morgan fingerprint density at radius 2 is 1.67 bits per heavy atom. The molecule has 1 aromatic carbocycles. The highest BCUT2D eigenvalue weighted by molar-refractivity contribution is 7.15. The zero-order valence-corrected chi connectivity index (χ0v) is 18.0. The summed E-state index contributed by atoms with van der Waals surface area (Å²) in [5.41, 5.74) is 0.749. The number of benzene rings is 1. The van der Waals surface area contributed by atoms with Gasteiger partial charge >= 0.3 is 11.9 Å². The first-order valence-electron chi connectivity index (χ1n) is 9.11. The first-order valence-corrected chi connectivity index (χ1v) is 9.99. The van der Waals surface area contributed by atoms with Crippen LogP contribution >= 0.6 is 11.3 Å². The fraction of sp³-hybridized carbons (Fsp3) is 0.286. The van der Waals surface area contributed by atoms with E-state index in [9.17, 15) is 14.4 Å². The normalized spacial score (nSPS) is 10.5. The largest absolute Gasteiger partial charge is 0.493 e. The molecule has 0 saturated carbocycles. The Morgan fingerprint density at radius 3 is 2.30 bits per heavy atom. The maximum absolute atomic E-state index is 12.4. The number of thiophene rings is 1. The molecule has 0 radical (unpaired) electrons. The van der Waals surface area contributed by atoms with Crippen molar-refractivity contribution in [1.82, 2.24) is 0 Å². The molecule has 8 nitrogen and oxygen atoms in total. The van der Waals surface area contributed by atoms with Gasteiger partial charge in [-0.3, -0.25) is 4.79 Å². The summed E-state index contributed by atoms with van der Waals surface area (Å²) in [5.74, 6) is -0.739. The summed E-state index contributed by atoms with van der Waals surface area (Å²) < 4.78 is 20.4. The van der Waals surface area contributed by atoms with Gasteiger partial charge in [0.2, 0.25) is 5.91 Å². The second-order valence-electron chi connectivity index (χ2n) is 5.73. The summed E-state index contributed by atoms with van der Waals surface area (Å²) in [4.78, 5) is 36.8. The molecule has 0 atom stereocenters. The molecule has 2 rings (SSSR count). The van der Waals surface area contributed by atoms with Gasteiger partial charge in [-0.25, -0.2) is 9.59 Å². The Labute approximate surface area is 178 Å². The number of nitrogens with one attached hydrogen (secondary N) is 1. The summed E-state index contributed by atoms with van der Waals surface area (Å²) in [6, 6.07) is 5.20. The van der Waals surface area contributed by atoms with Crippen LogP contribution in [-0.2, 0) is 14.3 Å². The number of ether oxygens (including phenoxy) is 4. The number of amides is 1. The highest BCUT2D eigenvalue weighted by atomic mass is 32.1. The third kappa shape index (κ3) is 5.60. The van der Waals surface area contributed by atoms with Crippen LogP contribution in [0.4, 0.5) is 5.00 Å². The van der Waals surface area contributed by atoms with Gasteiger partial charge < -0.3 is 24.3 Å². The molecule has 1 amide bonds. The van der Waals surface area contributed by atoms with E-state index in [4.69, 9.17) is 18.9 Å². The standard InChI is InChI=1S/C21H23NO7S/c1-5-28-20(24)14-12-30-19(18(14)21(25)29-6-2)22-17(23)10-8-13-7-9-15(26-3)16(11-13)27-4/h7-12H,5-6H2,1-4H3,(H,22,23)/b10-8+. The molecule has 160 valence electrons. The molecule has 1 aromatic heterocycles. The smallest absolute Gasteiger partial charge is 0.342 e. The van der Waals surface area contributed by atoms with E-state index in [0.29, 0.717) is 17.1 Å². The number of anilines is 1. The van der Waals surface area contributed by atoms with E-state index in [1.165, 1.54) is 25.7 Å². The van der Waals surface area contributed by atoms with Crippen LogP contribution in [-0.4, -0.2) is 45.3 Å². The summed E-state index contributed by atoms with van der Waals surface area (Å²) in [6.07, 6.45) is 2.89. The SMILES string of the molecule is CCOC(=O)c1csc(NC(=O)/C=C/c2ccc(OC)c(OC)c2)c1C(=O)OCC. The van der Waals surface area contributed by atoms with E-state index in [1.54, 1.807) is 38.1 Å². The predicted octanol–water partition coefficient (Wildman–Crippen LogP) is 3.77. The second kappa shape index (κ2) is 11.0. The van der Waals surface area contributed by atoms with Crippen molar-refractivity contribution >= 4 is 40.3 Å². The van der Waals surface area contributed by atoms with Gasteiger partial charge in [-0.2, -0.15) is 0 Å². The van der Waals surface area contributed by atoms with Crippen LogP contribution in [0.3, 0.4) is 0 Å². The monoisotopic (exact) mass is 433 g/mol. The quantitative estimate of drug-likeness (QED) is 0.475. The first-order chi connectivity index (χ1) is 14.4. The van der Waals surface area contributed by atoms with Crippen LogP contribution in [0.1, 0.15) is 40.1 Å².